The molecule has 1 amide bonds. The number of aromatic nitrogens is 2. The lowest BCUT2D eigenvalue weighted by molar-refractivity contribution is 0.0526. The van der Waals surface area contributed by atoms with E-state index in [2.05, 4.69) is 10.4 Å². The van der Waals surface area contributed by atoms with Crippen molar-refractivity contribution in [3.05, 3.63) is 52.6 Å². The number of amides is 1. The topological polar surface area (TPSA) is 67.2 Å². The molecule has 0 aliphatic heterocycles. The molecule has 2 N–H and O–H groups in total. The summed E-state index contributed by atoms with van der Waals surface area (Å²) >= 11 is 5.56. The van der Waals surface area contributed by atoms with Gasteiger partial charge in [-0.05, 0) is 25.1 Å². The average Bonchev–Trinajstić information content (AvgIpc) is 2.87. The van der Waals surface area contributed by atoms with Gasteiger partial charge in [0.25, 0.3) is 5.91 Å². The van der Waals surface area contributed by atoms with E-state index in [0.717, 1.165) is 6.07 Å². The Kier molecular flexibility index (Phi) is 4.29. The van der Waals surface area contributed by atoms with Crippen molar-refractivity contribution >= 4 is 17.5 Å². The molecule has 1 atom stereocenters. The zero-order chi connectivity index (χ0) is 15.6. The average molecular weight is 312 g/mol. The summed E-state index contributed by atoms with van der Waals surface area (Å²) < 4.78 is 14.9. The third kappa shape index (κ3) is 3.59. The zero-order valence-electron chi connectivity index (χ0n) is 11.6. The summed E-state index contributed by atoms with van der Waals surface area (Å²) in [6.07, 6.45) is 3.18. The summed E-state index contributed by atoms with van der Waals surface area (Å²) in [6, 6.07) is 3.78. The van der Waals surface area contributed by atoms with Crippen LogP contribution in [0.3, 0.4) is 0 Å². The second-order valence-electron chi connectivity index (χ2n) is 4.99. The molecule has 5 nitrogen and oxygen atoms in total. The van der Waals surface area contributed by atoms with Gasteiger partial charge in [-0.2, -0.15) is 5.10 Å². The Labute approximate surface area is 126 Å². The number of halogens is 2. The Balaban J connectivity index is 2.04. The molecule has 0 radical (unpaired) electrons. The largest absolute Gasteiger partial charge is 0.383 e. The molecular weight excluding hydrogens is 297 g/mol. The van der Waals surface area contributed by atoms with E-state index in [1.54, 1.807) is 24.9 Å². The Bertz CT molecular complexity index is 670. The van der Waals surface area contributed by atoms with Crippen molar-refractivity contribution in [2.24, 2.45) is 7.05 Å². The fourth-order valence-corrected chi connectivity index (χ4v) is 1.91. The van der Waals surface area contributed by atoms with Gasteiger partial charge in [-0.3, -0.25) is 9.48 Å². The summed E-state index contributed by atoms with van der Waals surface area (Å²) in [5, 5.41) is 16.8. The number of nitrogens with zero attached hydrogens (tertiary/aromatic N) is 2. The lowest BCUT2D eigenvalue weighted by atomic mass is 9.99. The summed E-state index contributed by atoms with van der Waals surface area (Å²) in [5.74, 6) is -1.15. The van der Waals surface area contributed by atoms with E-state index in [1.807, 2.05) is 0 Å². The maximum absolute atomic E-state index is 13.3. The van der Waals surface area contributed by atoms with Crippen molar-refractivity contribution in [2.75, 3.05) is 6.54 Å². The molecule has 7 heteroatoms. The van der Waals surface area contributed by atoms with Gasteiger partial charge in [0, 0.05) is 24.4 Å². The van der Waals surface area contributed by atoms with Crippen molar-refractivity contribution in [2.45, 2.75) is 12.5 Å². The van der Waals surface area contributed by atoms with Crippen LogP contribution in [0.5, 0.6) is 0 Å². The number of nitrogens with one attached hydrogen (secondary N) is 1. The smallest absolute Gasteiger partial charge is 0.251 e. The van der Waals surface area contributed by atoms with E-state index in [1.165, 1.54) is 18.3 Å². The van der Waals surface area contributed by atoms with Crippen molar-refractivity contribution in [3.63, 3.8) is 0 Å². The summed E-state index contributed by atoms with van der Waals surface area (Å²) in [7, 11) is 1.73. The highest BCUT2D eigenvalue weighted by Gasteiger charge is 2.25. The van der Waals surface area contributed by atoms with E-state index >= 15 is 0 Å². The lowest BCUT2D eigenvalue weighted by Gasteiger charge is -2.22. The van der Waals surface area contributed by atoms with E-state index < -0.39 is 17.3 Å². The van der Waals surface area contributed by atoms with E-state index in [-0.39, 0.29) is 17.1 Å². The number of benzene rings is 1. The monoisotopic (exact) mass is 311 g/mol. The Morgan fingerprint density at radius 3 is 2.86 bits per heavy atom. The molecule has 2 rings (SSSR count). The van der Waals surface area contributed by atoms with E-state index in [0.29, 0.717) is 5.56 Å². The third-order valence-electron chi connectivity index (χ3n) is 3.10. The normalized spacial score (nSPS) is 13.8. The summed E-state index contributed by atoms with van der Waals surface area (Å²) in [6.45, 7) is 1.54. The second kappa shape index (κ2) is 5.83. The quantitative estimate of drug-likeness (QED) is 0.905. The maximum atomic E-state index is 13.3. The van der Waals surface area contributed by atoms with Crippen molar-refractivity contribution in [1.82, 2.24) is 15.1 Å². The predicted molar refractivity (Wildman–Crippen MR) is 76.5 cm³/mol. The number of aryl methyl sites for hydroxylation is 1. The van der Waals surface area contributed by atoms with E-state index in [4.69, 9.17) is 11.6 Å². The minimum absolute atomic E-state index is 0.0260. The van der Waals surface area contributed by atoms with Gasteiger partial charge in [-0.25, -0.2) is 4.39 Å². The standard InChI is InChI=1S/C14H15ClFN3O2/c1-14(21,10-6-18-19(2)7-10)8-17-13(20)9-3-4-11(15)12(16)5-9/h3-7,21H,8H2,1-2H3,(H,17,20). The third-order valence-corrected chi connectivity index (χ3v) is 3.41. The summed E-state index contributed by atoms with van der Waals surface area (Å²) in [5.41, 5.74) is -0.555. The van der Waals surface area contributed by atoms with Gasteiger partial charge in [0.2, 0.25) is 0 Å². The number of carbonyl (C=O) groups is 1. The van der Waals surface area contributed by atoms with Gasteiger partial charge >= 0.3 is 0 Å². The van der Waals surface area contributed by atoms with Gasteiger partial charge < -0.3 is 10.4 Å². The van der Waals surface area contributed by atoms with Crippen LogP contribution in [0, 0.1) is 5.82 Å². The SMILES string of the molecule is Cn1cc(C(C)(O)CNC(=O)c2ccc(Cl)c(F)c2)cn1. The predicted octanol–water partition coefficient (Wildman–Crippen LogP) is 1.85. The first-order valence-electron chi connectivity index (χ1n) is 6.24. The lowest BCUT2D eigenvalue weighted by Crippen LogP contribution is -2.38. The highest BCUT2D eigenvalue weighted by Crippen LogP contribution is 2.19. The zero-order valence-corrected chi connectivity index (χ0v) is 12.4. The van der Waals surface area contributed by atoms with E-state index in [9.17, 15) is 14.3 Å². The van der Waals surface area contributed by atoms with Crippen LogP contribution >= 0.6 is 11.6 Å². The first-order chi connectivity index (χ1) is 9.79. The molecule has 0 aliphatic carbocycles. The van der Waals surface area contributed by atoms with Crippen LogP contribution in [-0.4, -0.2) is 27.3 Å². The fraction of sp³-hybridized carbons (Fsp3) is 0.286. The molecule has 0 saturated heterocycles. The molecule has 21 heavy (non-hydrogen) atoms. The van der Waals surface area contributed by atoms with Crippen LogP contribution < -0.4 is 5.32 Å². The second-order valence-corrected chi connectivity index (χ2v) is 5.40. The van der Waals surface area contributed by atoms with Crippen LogP contribution in [0.1, 0.15) is 22.8 Å². The molecule has 0 fully saturated rings. The Hall–Kier alpha value is -1.92. The van der Waals surface area contributed by atoms with Crippen LogP contribution in [0.2, 0.25) is 5.02 Å². The Morgan fingerprint density at radius 2 is 2.29 bits per heavy atom. The number of aliphatic hydroxyl groups is 1. The number of rotatable bonds is 4. The number of hydrogen-bond acceptors (Lipinski definition) is 3. The molecular formula is C14H15ClFN3O2. The molecule has 1 aromatic heterocycles. The van der Waals surface area contributed by atoms with Gasteiger partial charge in [-0.1, -0.05) is 11.6 Å². The molecule has 2 aromatic rings. The molecule has 1 unspecified atom stereocenters. The molecule has 0 spiro atoms. The van der Waals surface area contributed by atoms with Crippen LogP contribution in [0.4, 0.5) is 4.39 Å². The van der Waals surface area contributed by atoms with Crippen molar-refractivity contribution in [3.8, 4) is 0 Å². The summed E-state index contributed by atoms with van der Waals surface area (Å²) in [4.78, 5) is 11.9. The van der Waals surface area contributed by atoms with Crippen molar-refractivity contribution < 1.29 is 14.3 Å². The van der Waals surface area contributed by atoms with Gasteiger partial charge in [0.1, 0.15) is 11.4 Å². The maximum Gasteiger partial charge on any atom is 0.251 e. The molecule has 1 heterocycles. The highest BCUT2D eigenvalue weighted by atomic mass is 35.5. The first kappa shape index (κ1) is 15.5. The Morgan fingerprint density at radius 1 is 1.57 bits per heavy atom. The number of carbonyl (C=O) groups excluding carboxylic acids is 1. The number of hydrogen-bond donors (Lipinski definition) is 2. The molecule has 112 valence electrons. The van der Waals surface area contributed by atoms with Crippen LogP contribution in [0.15, 0.2) is 30.6 Å². The minimum atomic E-state index is -1.27. The van der Waals surface area contributed by atoms with Gasteiger partial charge in [-0.15, -0.1) is 0 Å². The first-order valence-corrected chi connectivity index (χ1v) is 6.62. The van der Waals surface area contributed by atoms with Crippen LogP contribution in [0.25, 0.3) is 0 Å². The fourth-order valence-electron chi connectivity index (χ4n) is 1.79. The molecule has 0 saturated carbocycles. The minimum Gasteiger partial charge on any atom is -0.383 e. The van der Waals surface area contributed by atoms with Gasteiger partial charge in [0.15, 0.2) is 0 Å². The molecule has 0 aliphatic rings. The van der Waals surface area contributed by atoms with Crippen LogP contribution in [-0.2, 0) is 12.6 Å². The van der Waals surface area contributed by atoms with Crippen molar-refractivity contribution in [1.29, 1.82) is 0 Å². The van der Waals surface area contributed by atoms with Gasteiger partial charge in [0.05, 0.1) is 17.8 Å². The molecule has 1 aromatic carbocycles. The molecule has 0 bridgehead atoms. The highest BCUT2D eigenvalue weighted by molar-refractivity contribution is 6.30.